The second-order valence-electron chi connectivity index (χ2n) is 9.25. The molecule has 4 rings (SSSR count). The first-order chi connectivity index (χ1) is 16.6. The summed E-state index contributed by atoms with van der Waals surface area (Å²) in [6, 6.07) is 2.13. The van der Waals surface area contributed by atoms with Gasteiger partial charge >= 0.3 is 7.60 Å². The van der Waals surface area contributed by atoms with Crippen molar-refractivity contribution < 1.29 is 33.7 Å². The van der Waals surface area contributed by atoms with Crippen molar-refractivity contribution in [3.05, 3.63) is 17.5 Å². The first kappa shape index (κ1) is 26.7. The van der Waals surface area contributed by atoms with Gasteiger partial charge in [0.25, 0.3) is 0 Å². The van der Waals surface area contributed by atoms with E-state index in [2.05, 4.69) is 15.3 Å². The van der Waals surface area contributed by atoms with E-state index in [4.69, 9.17) is 25.6 Å². The number of aliphatic hydroxyl groups excluding tert-OH is 2. The molecule has 4 N–H and O–H groups in total. The Morgan fingerprint density at radius 3 is 2.74 bits per heavy atom. The summed E-state index contributed by atoms with van der Waals surface area (Å²) in [7, 11) is -0.307. The van der Waals surface area contributed by atoms with Gasteiger partial charge < -0.3 is 43.9 Å². The van der Waals surface area contributed by atoms with Gasteiger partial charge in [-0.3, -0.25) is 4.57 Å². The fourth-order valence-electron chi connectivity index (χ4n) is 4.37. The average Bonchev–Trinajstić information content (AvgIpc) is 3.50. The van der Waals surface area contributed by atoms with Crippen molar-refractivity contribution in [1.29, 1.82) is 0 Å². The number of likely N-dealkylation sites (N-methyl/N-ethyl adjacent to an activating group) is 1. The largest absolute Gasteiger partial charge is 0.387 e. The van der Waals surface area contributed by atoms with Crippen LogP contribution in [0.1, 0.15) is 31.9 Å². The molecule has 1 aliphatic carbocycles. The molecule has 0 spiro atoms. The van der Waals surface area contributed by atoms with E-state index in [0.717, 1.165) is 31.1 Å². The third-order valence-corrected chi connectivity index (χ3v) is 7.48. The minimum absolute atomic E-state index is 0.0545. The molecule has 1 saturated heterocycles. The molecule has 0 radical (unpaired) electrons. The van der Waals surface area contributed by atoms with Gasteiger partial charge in [-0.05, 0) is 44.6 Å². The van der Waals surface area contributed by atoms with Gasteiger partial charge in [-0.25, -0.2) is 4.98 Å². The lowest BCUT2D eigenvalue weighted by molar-refractivity contribution is -0.0613. The Morgan fingerprint density at radius 2 is 2.03 bits per heavy atom. The number of hydrogen-bond donors (Lipinski definition) is 4. The van der Waals surface area contributed by atoms with Gasteiger partial charge in [0.15, 0.2) is 6.23 Å². The predicted octanol–water partition coefficient (Wildman–Crippen LogP) is 1.80. The van der Waals surface area contributed by atoms with E-state index in [-0.39, 0.29) is 18.5 Å². The zero-order chi connectivity index (χ0) is 25.2. The molecule has 5 atom stereocenters. The molecular weight excluding hydrogens is 501 g/mol. The van der Waals surface area contributed by atoms with Gasteiger partial charge in [0, 0.05) is 18.8 Å². The van der Waals surface area contributed by atoms with Crippen molar-refractivity contribution in [1.82, 2.24) is 19.4 Å². The van der Waals surface area contributed by atoms with E-state index in [1.165, 1.54) is 0 Å². The molecule has 2 aromatic rings. The van der Waals surface area contributed by atoms with Crippen molar-refractivity contribution in [2.45, 2.75) is 56.3 Å². The van der Waals surface area contributed by atoms with Crippen LogP contribution < -0.4 is 5.32 Å². The first-order valence-corrected chi connectivity index (χ1v) is 13.8. The maximum absolute atomic E-state index is 12.1. The lowest BCUT2D eigenvalue weighted by Crippen LogP contribution is -2.34. The van der Waals surface area contributed by atoms with E-state index < -0.39 is 38.5 Å². The van der Waals surface area contributed by atoms with Gasteiger partial charge in [0.1, 0.15) is 36.1 Å². The number of ether oxygens (including phenoxy) is 2. The summed E-state index contributed by atoms with van der Waals surface area (Å²) in [6.45, 7) is 0.356. The third kappa shape index (κ3) is 6.51. The number of nitrogens with zero attached hydrogens (tertiary/aromatic N) is 4. The minimum Gasteiger partial charge on any atom is -0.387 e. The highest BCUT2D eigenvalue weighted by atomic mass is 35.5. The van der Waals surface area contributed by atoms with Crippen LogP contribution in [0.2, 0.25) is 5.28 Å². The Kier molecular flexibility index (Phi) is 8.68. The maximum atomic E-state index is 12.1. The van der Waals surface area contributed by atoms with E-state index >= 15 is 0 Å². The third-order valence-electron chi connectivity index (χ3n) is 6.22. The van der Waals surface area contributed by atoms with Crippen LogP contribution in [0.5, 0.6) is 0 Å². The molecule has 196 valence electrons. The zero-order valence-corrected chi connectivity index (χ0v) is 21.4. The molecule has 35 heavy (non-hydrogen) atoms. The standard InChI is InChI=1S/C21H33ClN5O7P/c1-26(2)9-10-33-35(30,31)12-32-11-15-16(28)17(29)20(34-15)27-8-7-14-18(23-13-5-3-4-6-13)24-21(22)25-19(14)27/h7-8,13,15-17,20,28-29H,3-6,9-12H2,1-2H3,(H,30,31)(H,23,24,25)/t15?,16-,17-,20-/m1/s1. The molecule has 2 unspecified atom stereocenters. The monoisotopic (exact) mass is 533 g/mol. The number of rotatable bonds is 11. The van der Waals surface area contributed by atoms with E-state index in [1.807, 2.05) is 25.1 Å². The second-order valence-corrected chi connectivity index (χ2v) is 11.4. The van der Waals surface area contributed by atoms with Gasteiger partial charge in [-0.15, -0.1) is 0 Å². The van der Waals surface area contributed by atoms with Crippen LogP contribution in [0.3, 0.4) is 0 Å². The zero-order valence-electron chi connectivity index (χ0n) is 19.8. The van der Waals surface area contributed by atoms with Crippen molar-refractivity contribution in [3.8, 4) is 0 Å². The van der Waals surface area contributed by atoms with Crippen molar-refractivity contribution in [2.24, 2.45) is 0 Å². The number of aromatic nitrogens is 3. The average molecular weight is 534 g/mol. The summed E-state index contributed by atoms with van der Waals surface area (Å²) in [6.07, 6.45) is 1.14. The Morgan fingerprint density at radius 1 is 1.29 bits per heavy atom. The molecule has 0 bridgehead atoms. The second kappa shape index (κ2) is 11.4. The predicted molar refractivity (Wildman–Crippen MR) is 129 cm³/mol. The van der Waals surface area contributed by atoms with Crippen molar-refractivity contribution in [3.63, 3.8) is 0 Å². The number of anilines is 1. The summed E-state index contributed by atoms with van der Waals surface area (Å²) in [4.78, 5) is 20.4. The van der Waals surface area contributed by atoms with Gasteiger partial charge in [0.2, 0.25) is 5.28 Å². The smallest absolute Gasteiger partial charge is 0.353 e. The fraction of sp³-hybridized carbons (Fsp3) is 0.714. The van der Waals surface area contributed by atoms with Crippen LogP contribution in [0, 0.1) is 0 Å². The van der Waals surface area contributed by atoms with Gasteiger partial charge in [-0.1, -0.05) is 12.8 Å². The number of nitrogens with one attached hydrogen (secondary N) is 1. The van der Waals surface area contributed by atoms with Gasteiger partial charge in [-0.2, -0.15) is 4.98 Å². The van der Waals surface area contributed by atoms with E-state index in [9.17, 15) is 19.7 Å². The molecular formula is C21H33ClN5O7P. The molecule has 12 nitrogen and oxygen atoms in total. The molecule has 1 saturated carbocycles. The van der Waals surface area contributed by atoms with Crippen LogP contribution in [0.4, 0.5) is 5.82 Å². The Bertz CT molecular complexity index is 1050. The van der Waals surface area contributed by atoms with Gasteiger partial charge in [0.05, 0.1) is 18.6 Å². The topological polar surface area (TPSA) is 151 Å². The highest BCUT2D eigenvalue weighted by Gasteiger charge is 2.44. The normalized spacial score (nSPS) is 27.2. The lowest BCUT2D eigenvalue weighted by Gasteiger charge is -2.18. The molecule has 14 heteroatoms. The summed E-state index contributed by atoms with van der Waals surface area (Å²) in [5, 5.41) is 25.4. The molecule has 2 aromatic heterocycles. The summed E-state index contributed by atoms with van der Waals surface area (Å²) in [5.74, 6) is 0.617. The Balaban J connectivity index is 1.41. The summed E-state index contributed by atoms with van der Waals surface area (Å²) >= 11 is 6.19. The van der Waals surface area contributed by atoms with Crippen molar-refractivity contribution in [2.75, 3.05) is 45.5 Å². The molecule has 2 fully saturated rings. The first-order valence-electron chi connectivity index (χ1n) is 11.7. The number of fused-ring (bicyclic) bond motifs is 1. The Labute approximate surface area is 208 Å². The molecule has 2 aliphatic rings. The molecule has 0 amide bonds. The number of halogens is 1. The van der Waals surface area contributed by atoms with Crippen LogP contribution in [-0.2, 0) is 18.6 Å². The summed E-state index contributed by atoms with van der Waals surface area (Å²) in [5.41, 5.74) is 0.456. The number of hydrogen-bond acceptors (Lipinski definition) is 10. The SMILES string of the molecule is CN(C)CCOP(=O)(O)COCC1O[C@@H](n2ccc3c(NC4CCCC4)nc(Cl)nc32)[C@H](O)[C@@H]1O. The number of aliphatic hydroxyl groups is 2. The van der Waals surface area contributed by atoms with Crippen molar-refractivity contribution >= 4 is 36.0 Å². The highest BCUT2D eigenvalue weighted by Crippen LogP contribution is 2.42. The quantitative estimate of drug-likeness (QED) is 0.247. The minimum atomic E-state index is -3.95. The summed E-state index contributed by atoms with van der Waals surface area (Å²) < 4.78 is 29.9. The van der Waals surface area contributed by atoms with Crippen LogP contribution >= 0.6 is 19.2 Å². The maximum Gasteiger partial charge on any atom is 0.353 e. The highest BCUT2D eigenvalue weighted by molar-refractivity contribution is 7.52. The molecule has 0 aromatic carbocycles. The molecule has 1 aliphatic heterocycles. The van der Waals surface area contributed by atoms with E-state index in [0.29, 0.717) is 24.1 Å². The molecule has 3 heterocycles. The van der Waals surface area contributed by atoms with Crippen LogP contribution in [0.15, 0.2) is 12.3 Å². The lowest BCUT2D eigenvalue weighted by atomic mass is 10.1. The Hall–Kier alpha value is -1.34. The van der Waals surface area contributed by atoms with Crippen LogP contribution in [0.25, 0.3) is 11.0 Å². The van der Waals surface area contributed by atoms with Crippen LogP contribution in [-0.4, -0.2) is 99.1 Å². The van der Waals surface area contributed by atoms with E-state index in [1.54, 1.807) is 10.8 Å². The fourth-order valence-corrected chi connectivity index (χ4v) is 5.31.